The van der Waals surface area contributed by atoms with E-state index in [4.69, 9.17) is 4.74 Å². The van der Waals surface area contributed by atoms with Crippen LogP contribution in [-0.4, -0.2) is 21.8 Å². The number of urea groups is 1. The number of nitro benzene ring substituents is 1. The number of amides is 3. The summed E-state index contributed by atoms with van der Waals surface area (Å²) in [6.07, 6.45) is 1.53. The van der Waals surface area contributed by atoms with Crippen LogP contribution in [0.25, 0.3) is 6.08 Å². The van der Waals surface area contributed by atoms with Crippen LogP contribution in [0.5, 0.6) is 5.75 Å². The highest BCUT2D eigenvalue weighted by Crippen LogP contribution is 2.21. The lowest BCUT2D eigenvalue weighted by Crippen LogP contribution is -2.30. The van der Waals surface area contributed by atoms with Crippen LogP contribution in [-0.2, 0) is 17.9 Å². The van der Waals surface area contributed by atoms with Crippen molar-refractivity contribution in [1.82, 2.24) is 10.2 Å². The van der Waals surface area contributed by atoms with Crippen LogP contribution < -0.4 is 10.1 Å². The molecule has 1 aliphatic heterocycles. The Hall–Kier alpha value is -4.53. The molecule has 1 N–H and O–H groups in total. The first-order valence-electron chi connectivity index (χ1n) is 9.95. The molecule has 0 aliphatic carbocycles. The number of halogens is 1. The van der Waals surface area contributed by atoms with Crippen LogP contribution in [0.2, 0.25) is 0 Å². The van der Waals surface area contributed by atoms with Crippen molar-refractivity contribution >= 4 is 23.7 Å². The summed E-state index contributed by atoms with van der Waals surface area (Å²) >= 11 is 0. The van der Waals surface area contributed by atoms with E-state index < -0.39 is 22.7 Å². The van der Waals surface area contributed by atoms with Gasteiger partial charge in [-0.25, -0.2) is 9.18 Å². The monoisotopic (exact) mass is 447 g/mol. The minimum Gasteiger partial charge on any atom is -0.489 e. The van der Waals surface area contributed by atoms with Gasteiger partial charge >= 0.3 is 6.03 Å². The van der Waals surface area contributed by atoms with Crippen molar-refractivity contribution in [1.29, 1.82) is 0 Å². The molecule has 0 bridgehead atoms. The molecular weight excluding hydrogens is 429 g/mol. The molecule has 1 heterocycles. The Morgan fingerprint density at radius 2 is 1.70 bits per heavy atom. The molecular formula is C24H18FN3O5. The third-order valence-corrected chi connectivity index (χ3v) is 4.99. The first-order chi connectivity index (χ1) is 15.9. The molecule has 0 atom stereocenters. The zero-order valence-electron chi connectivity index (χ0n) is 17.2. The van der Waals surface area contributed by atoms with Crippen molar-refractivity contribution in [2.45, 2.75) is 13.2 Å². The number of imide groups is 1. The Balaban J connectivity index is 1.39. The molecule has 0 saturated carbocycles. The number of non-ortho nitro benzene ring substituents is 1. The van der Waals surface area contributed by atoms with Gasteiger partial charge in [0.15, 0.2) is 0 Å². The van der Waals surface area contributed by atoms with E-state index in [1.54, 1.807) is 42.5 Å². The van der Waals surface area contributed by atoms with Crippen LogP contribution in [0.1, 0.15) is 16.7 Å². The second-order valence-electron chi connectivity index (χ2n) is 7.25. The van der Waals surface area contributed by atoms with Gasteiger partial charge in [0, 0.05) is 17.7 Å². The van der Waals surface area contributed by atoms with Gasteiger partial charge in [0.25, 0.3) is 11.6 Å². The van der Waals surface area contributed by atoms with E-state index in [2.05, 4.69) is 5.32 Å². The summed E-state index contributed by atoms with van der Waals surface area (Å²) in [7, 11) is 0. The lowest BCUT2D eigenvalue weighted by molar-refractivity contribution is -0.384. The van der Waals surface area contributed by atoms with Crippen molar-refractivity contribution < 1.29 is 23.6 Å². The summed E-state index contributed by atoms with van der Waals surface area (Å²) in [6.45, 7) is 0.0715. The molecule has 0 aromatic heterocycles. The van der Waals surface area contributed by atoms with Crippen LogP contribution in [0.4, 0.5) is 14.9 Å². The van der Waals surface area contributed by atoms with Gasteiger partial charge in [-0.05, 0) is 47.5 Å². The Bertz CT molecular complexity index is 1240. The summed E-state index contributed by atoms with van der Waals surface area (Å²) in [6, 6.07) is 18.3. The maximum Gasteiger partial charge on any atom is 0.329 e. The number of carbonyl (C=O) groups is 2. The Labute approximate surface area is 188 Å². The van der Waals surface area contributed by atoms with E-state index in [9.17, 15) is 24.1 Å². The second-order valence-corrected chi connectivity index (χ2v) is 7.25. The van der Waals surface area contributed by atoms with Gasteiger partial charge in [-0.2, -0.15) is 0 Å². The number of carbonyl (C=O) groups excluding carboxylic acids is 2. The van der Waals surface area contributed by atoms with Gasteiger partial charge in [0.2, 0.25) is 0 Å². The first-order valence-corrected chi connectivity index (χ1v) is 9.95. The molecule has 3 aromatic carbocycles. The summed E-state index contributed by atoms with van der Waals surface area (Å²) in [5.74, 6) is -0.458. The number of nitrogens with one attached hydrogen (secondary N) is 1. The van der Waals surface area contributed by atoms with Gasteiger partial charge < -0.3 is 10.1 Å². The average molecular weight is 447 g/mol. The number of benzene rings is 3. The number of hydrogen-bond donors (Lipinski definition) is 1. The maximum atomic E-state index is 13.9. The minimum absolute atomic E-state index is 0.0113. The number of ether oxygens (including phenoxy) is 1. The third-order valence-electron chi connectivity index (χ3n) is 4.99. The number of nitrogens with zero attached hydrogens (tertiary/aromatic N) is 2. The van der Waals surface area contributed by atoms with E-state index in [0.717, 1.165) is 10.5 Å². The lowest BCUT2D eigenvalue weighted by Gasteiger charge is -2.12. The smallest absolute Gasteiger partial charge is 0.329 e. The first kappa shape index (κ1) is 21.7. The van der Waals surface area contributed by atoms with E-state index in [1.165, 1.54) is 36.4 Å². The largest absolute Gasteiger partial charge is 0.489 e. The van der Waals surface area contributed by atoms with Crippen LogP contribution in [0.15, 0.2) is 78.5 Å². The van der Waals surface area contributed by atoms with Gasteiger partial charge in [-0.15, -0.1) is 0 Å². The summed E-state index contributed by atoms with van der Waals surface area (Å²) in [5.41, 5.74) is 1.79. The standard InChI is InChI=1S/C24H18FN3O5/c25-21-4-2-1-3-18(21)14-27-23(29)22(26-24(27)30)13-16-7-11-20(12-8-16)33-15-17-5-9-19(10-6-17)28(31)32/h1-13H,14-15H2,(H,26,30). The van der Waals surface area contributed by atoms with E-state index in [-0.39, 0.29) is 30.1 Å². The molecule has 166 valence electrons. The molecule has 0 radical (unpaired) electrons. The van der Waals surface area contributed by atoms with Gasteiger partial charge in [-0.1, -0.05) is 30.3 Å². The van der Waals surface area contributed by atoms with Crippen molar-refractivity contribution in [2.24, 2.45) is 0 Å². The zero-order chi connectivity index (χ0) is 23.4. The molecule has 8 nitrogen and oxygen atoms in total. The highest BCUT2D eigenvalue weighted by atomic mass is 19.1. The maximum absolute atomic E-state index is 13.9. The SMILES string of the molecule is O=C1NC(=Cc2ccc(OCc3ccc([N+](=O)[O-])cc3)cc2)C(=O)N1Cc1ccccc1F. The minimum atomic E-state index is -0.613. The predicted molar refractivity (Wildman–Crippen MR) is 117 cm³/mol. The predicted octanol–water partition coefficient (Wildman–Crippen LogP) is 4.41. The molecule has 1 fully saturated rings. The Morgan fingerprint density at radius 3 is 2.36 bits per heavy atom. The topological polar surface area (TPSA) is 102 Å². The van der Waals surface area contributed by atoms with E-state index in [1.807, 2.05) is 0 Å². The van der Waals surface area contributed by atoms with Crippen molar-refractivity contribution in [3.63, 3.8) is 0 Å². The quantitative estimate of drug-likeness (QED) is 0.250. The molecule has 3 amide bonds. The van der Waals surface area contributed by atoms with Crippen LogP contribution >= 0.6 is 0 Å². The number of rotatable bonds is 7. The second kappa shape index (κ2) is 9.31. The fraction of sp³-hybridized carbons (Fsp3) is 0.0833. The number of nitro groups is 1. The molecule has 33 heavy (non-hydrogen) atoms. The molecule has 1 aliphatic rings. The molecule has 1 saturated heterocycles. The van der Waals surface area contributed by atoms with Gasteiger partial charge in [-0.3, -0.25) is 19.8 Å². The zero-order valence-corrected chi connectivity index (χ0v) is 17.2. The lowest BCUT2D eigenvalue weighted by atomic mass is 10.1. The third kappa shape index (κ3) is 5.04. The highest BCUT2D eigenvalue weighted by molar-refractivity contribution is 6.13. The Kier molecular flexibility index (Phi) is 6.12. The van der Waals surface area contributed by atoms with Gasteiger partial charge in [0.1, 0.15) is 23.9 Å². The normalized spacial score (nSPS) is 14.5. The van der Waals surface area contributed by atoms with Crippen LogP contribution in [0, 0.1) is 15.9 Å². The van der Waals surface area contributed by atoms with Crippen LogP contribution in [0.3, 0.4) is 0 Å². The van der Waals surface area contributed by atoms with E-state index >= 15 is 0 Å². The highest BCUT2D eigenvalue weighted by Gasteiger charge is 2.33. The molecule has 0 spiro atoms. The average Bonchev–Trinajstić information content (AvgIpc) is 3.07. The number of hydrogen-bond acceptors (Lipinski definition) is 5. The molecule has 9 heteroatoms. The summed E-state index contributed by atoms with van der Waals surface area (Å²) in [4.78, 5) is 36.0. The van der Waals surface area contributed by atoms with Crippen molar-refractivity contribution in [2.75, 3.05) is 0 Å². The molecule has 4 rings (SSSR count). The van der Waals surface area contributed by atoms with E-state index in [0.29, 0.717) is 11.3 Å². The van der Waals surface area contributed by atoms with Gasteiger partial charge in [0.05, 0.1) is 11.5 Å². The fourth-order valence-electron chi connectivity index (χ4n) is 3.22. The fourth-order valence-corrected chi connectivity index (χ4v) is 3.22. The van der Waals surface area contributed by atoms with Crippen molar-refractivity contribution in [3.8, 4) is 5.75 Å². The summed E-state index contributed by atoms with van der Waals surface area (Å²) in [5, 5.41) is 13.2. The molecule has 0 unspecified atom stereocenters. The Morgan fingerprint density at radius 1 is 1.00 bits per heavy atom. The summed E-state index contributed by atoms with van der Waals surface area (Å²) < 4.78 is 19.6. The van der Waals surface area contributed by atoms with Crippen molar-refractivity contribution in [3.05, 3.63) is 111 Å². The molecule has 3 aromatic rings.